The van der Waals surface area contributed by atoms with Crippen LogP contribution in [0.25, 0.3) is 0 Å². The molecular formula is C64H107O11P. The molecule has 0 saturated heterocycles. The second-order valence-corrected chi connectivity index (χ2v) is 20.8. The highest BCUT2D eigenvalue weighted by Crippen LogP contribution is 2.43. The Balaban J connectivity index is 4.80. The number of aliphatic hydroxyl groups excluding tert-OH is 1. The van der Waals surface area contributed by atoms with Gasteiger partial charge in [-0.1, -0.05) is 220 Å². The number of phosphoric ester groups is 1. The standard InChI is InChI=1S/C64H107O11P/c1-4-7-10-13-16-19-22-25-27-29-30-32-34-37-40-43-46-49-52-55-64(68)75-61(57-71-62(66)53-50-47-44-41-38-36-33-31-28-26-23-20-17-14-11-8-5-2)59-73-76(69,70)72-58-60(56-65)74-63(67)54-51-48-45-42-39-35-24-21-18-15-12-9-6-3/h8-9,11-12,16-21,25-28,35,39,45,48,60-61,65H,4-7,10,13-15,22-24,29-34,36-38,40-44,46-47,49-59H2,1-3H3,(H,69,70)/b11-8-,12-9-,19-16-,20-17-,21-18-,27-25-,28-26-,39-35-,48-45-. The van der Waals surface area contributed by atoms with Gasteiger partial charge >= 0.3 is 25.7 Å². The number of unbranched alkanes of at least 4 members (excludes halogenated alkanes) is 19. The molecule has 0 bridgehead atoms. The molecule has 0 aliphatic rings. The lowest BCUT2D eigenvalue weighted by molar-refractivity contribution is -0.161. The van der Waals surface area contributed by atoms with Crippen LogP contribution >= 0.6 is 7.82 Å². The Bertz CT molecular complexity index is 1690. The van der Waals surface area contributed by atoms with Crippen molar-refractivity contribution >= 4 is 25.7 Å². The molecule has 12 heteroatoms. The van der Waals surface area contributed by atoms with Crippen LogP contribution < -0.4 is 0 Å². The Morgan fingerprint density at radius 1 is 0.382 bits per heavy atom. The molecule has 0 aliphatic carbocycles. The average molecular weight is 1080 g/mol. The summed E-state index contributed by atoms with van der Waals surface area (Å²) in [7, 11) is -4.78. The predicted octanol–water partition coefficient (Wildman–Crippen LogP) is 17.8. The molecule has 0 saturated carbocycles. The zero-order chi connectivity index (χ0) is 55.5. The summed E-state index contributed by atoms with van der Waals surface area (Å²) in [5.41, 5.74) is 0. The maximum absolute atomic E-state index is 12.9. The van der Waals surface area contributed by atoms with E-state index in [1.807, 2.05) is 12.2 Å². The lowest BCUT2D eigenvalue weighted by Gasteiger charge is -2.21. The molecule has 0 amide bonds. The first-order valence-corrected chi connectivity index (χ1v) is 31.3. The van der Waals surface area contributed by atoms with Gasteiger partial charge in [0.25, 0.3) is 0 Å². The SMILES string of the molecule is CC/C=C\C/C=C\C/C=C\C/C=C\CCC(=O)OC(CO)COP(=O)(O)OCC(COC(=O)CCCCCCCCC/C=C\C/C=C\C/C=C\CC)OC(=O)CCCCCCCCCCC/C=C\C/C=C\CCCCC. The molecule has 0 aliphatic heterocycles. The third kappa shape index (κ3) is 54.9. The van der Waals surface area contributed by atoms with Crippen molar-refractivity contribution in [1.29, 1.82) is 0 Å². The number of esters is 3. The van der Waals surface area contributed by atoms with Crippen molar-refractivity contribution in [2.75, 3.05) is 26.4 Å². The lowest BCUT2D eigenvalue weighted by atomic mass is 10.1. The number of phosphoric acid groups is 1. The van der Waals surface area contributed by atoms with Gasteiger partial charge in [0.2, 0.25) is 0 Å². The molecule has 0 rings (SSSR count). The Labute approximate surface area is 463 Å². The minimum atomic E-state index is -4.78. The van der Waals surface area contributed by atoms with Crippen LogP contribution in [0, 0.1) is 0 Å². The van der Waals surface area contributed by atoms with Crippen LogP contribution in [0.15, 0.2) is 109 Å². The van der Waals surface area contributed by atoms with Crippen LogP contribution in [0.5, 0.6) is 0 Å². The molecule has 0 aromatic carbocycles. The minimum absolute atomic E-state index is 0.0510. The summed E-state index contributed by atoms with van der Waals surface area (Å²) in [6.45, 7) is 4.30. The maximum Gasteiger partial charge on any atom is 0.472 e. The van der Waals surface area contributed by atoms with Gasteiger partial charge in [0.05, 0.1) is 19.8 Å². The summed E-state index contributed by atoms with van der Waals surface area (Å²) in [4.78, 5) is 48.6. The lowest BCUT2D eigenvalue weighted by Crippen LogP contribution is -2.30. The zero-order valence-corrected chi connectivity index (χ0v) is 48.8. The van der Waals surface area contributed by atoms with Crippen LogP contribution in [-0.2, 0) is 42.2 Å². The van der Waals surface area contributed by atoms with Crippen molar-refractivity contribution in [3.63, 3.8) is 0 Å². The monoisotopic (exact) mass is 1080 g/mol. The molecule has 0 aromatic rings. The molecule has 76 heavy (non-hydrogen) atoms. The second kappa shape index (κ2) is 57.3. The first-order chi connectivity index (χ1) is 37.2. The van der Waals surface area contributed by atoms with E-state index in [-0.39, 0.29) is 25.9 Å². The van der Waals surface area contributed by atoms with E-state index in [4.69, 9.17) is 23.3 Å². The van der Waals surface area contributed by atoms with Crippen molar-refractivity contribution in [3.8, 4) is 0 Å². The van der Waals surface area contributed by atoms with Crippen LogP contribution in [0.3, 0.4) is 0 Å². The topological polar surface area (TPSA) is 155 Å². The molecule has 3 unspecified atom stereocenters. The molecule has 434 valence electrons. The van der Waals surface area contributed by atoms with E-state index < -0.39 is 57.8 Å². The number of ether oxygens (including phenoxy) is 3. The van der Waals surface area contributed by atoms with Crippen LogP contribution in [0.4, 0.5) is 0 Å². The highest BCUT2D eigenvalue weighted by atomic mass is 31.2. The first kappa shape index (κ1) is 72.1. The quantitative estimate of drug-likeness (QED) is 0.0197. The summed E-state index contributed by atoms with van der Waals surface area (Å²) in [6, 6.07) is 0. The van der Waals surface area contributed by atoms with Gasteiger partial charge in [-0.25, -0.2) is 4.57 Å². The molecule has 11 nitrogen and oxygen atoms in total. The van der Waals surface area contributed by atoms with Gasteiger partial charge in [0.1, 0.15) is 12.7 Å². The third-order valence-corrected chi connectivity index (χ3v) is 13.1. The average Bonchev–Trinajstić information content (AvgIpc) is 3.41. The van der Waals surface area contributed by atoms with Crippen molar-refractivity contribution in [2.24, 2.45) is 0 Å². The Kier molecular flexibility index (Phi) is 54.4. The number of carbonyl (C=O) groups is 3. The summed E-state index contributed by atoms with van der Waals surface area (Å²) >= 11 is 0. The maximum atomic E-state index is 12.9. The fraction of sp³-hybridized carbons (Fsp3) is 0.672. The smallest absolute Gasteiger partial charge is 0.462 e. The van der Waals surface area contributed by atoms with E-state index in [1.165, 1.54) is 70.6 Å². The van der Waals surface area contributed by atoms with E-state index in [2.05, 4.69) is 118 Å². The van der Waals surface area contributed by atoms with Crippen molar-refractivity contribution in [1.82, 2.24) is 0 Å². The Morgan fingerprint density at radius 2 is 0.711 bits per heavy atom. The Morgan fingerprint density at radius 3 is 1.13 bits per heavy atom. The zero-order valence-electron chi connectivity index (χ0n) is 47.9. The van der Waals surface area contributed by atoms with E-state index in [0.29, 0.717) is 19.3 Å². The fourth-order valence-corrected chi connectivity index (χ4v) is 8.49. The highest BCUT2D eigenvalue weighted by molar-refractivity contribution is 7.47. The van der Waals surface area contributed by atoms with Gasteiger partial charge in [0, 0.05) is 19.3 Å². The minimum Gasteiger partial charge on any atom is -0.462 e. The van der Waals surface area contributed by atoms with Gasteiger partial charge in [0.15, 0.2) is 6.10 Å². The number of rotatable bonds is 54. The normalized spacial score (nSPS) is 14.1. The molecule has 0 heterocycles. The van der Waals surface area contributed by atoms with Gasteiger partial charge in [-0.05, 0) is 109 Å². The summed E-state index contributed by atoms with van der Waals surface area (Å²) in [5, 5.41) is 9.80. The van der Waals surface area contributed by atoms with Gasteiger partial charge < -0.3 is 24.2 Å². The summed E-state index contributed by atoms with van der Waals surface area (Å²) < 4.78 is 39.5. The van der Waals surface area contributed by atoms with Crippen LogP contribution in [0.1, 0.15) is 239 Å². The molecule has 0 aromatic heterocycles. The molecule has 0 fully saturated rings. The van der Waals surface area contributed by atoms with Crippen molar-refractivity contribution in [3.05, 3.63) is 109 Å². The van der Waals surface area contributed by atoms with Gasteiger partial charge in [-0.3, -0.25) is 23.4 Å². The van der Waals surface area contributed by atoms with Gasteiger partial charge in [-0.2, -0.15) is 0 Å². The van der Waals surface area contributed by atoms with Gasteiger partial charge in [-0.15, -0.1) is 0 Å². The van der Waals surface area contributed by atoms with Crippen molar-refractivity contribution < 1.29 is 52.2 Å². The first-order valence-electron chi connectivity index (χ1n) is 29.8. The Hall–Kier alpha value is -3.86. The van der Waals surface area contributed by atoms with E-state index >= 15 is 0 Å². The highest BCUT2D eigenvalue weighted by Gasteiger charge is 2.28. The molecule has 3 atom stereocenters. The number of hydrogen-bond donors (Lipinski definition) is 2. The molecule has 2 N–H and O–H groups in total. The van der Waals surface area contributed by atoms with Crippen molar-refractivity contribution in [2.45, 2.75) is 251 Å². The second-order valence-electron chi connectivity index (χ2n) is 19.4. The largest absolute Gasteiger partial charge is 0.472 e. The number of hydrogen-bond acceptors (Lipinski definition) is 10. The molecule has 0 radical (unpaired) electrons. The predicted molar refractivity (Wildman–Crippen MR) is 316 cm³/mol. The number of aliphatic hydroxyl groups is 1. The van der Waals surface area contributed by atoms with E-state index in [9.17, 15) is 28.9 Å². The molecular weight excluding hydrogens is 976 g/mol. The molecule has 0 spiro atoms. The third-order valence-electron chi connectivity index (χ3n) is 12.2. The number of carbonyl (C=O) groups excluding carboxylic acids is 3. The van der Waals surface area contributed by atoms with Crippen LogP contribution in [-0.4, -0.2) is 66.5 Å². The summed E-state index contributed by atoms with van der Waals surface area (Å²) in [5.74, 6) is -1.57. The van der Waals surface area contributed by atoms with Crippen LogP contribution in [0.2, 0.25) is 0 Å². The summed E-state index contributed by atoms with van der Waals surface area (Å²) in [6.07, 6.45) is 69.2. The fourth-order valence-electron chi connectivity index (χ4n) is 7.71. The van der Waals surface area contributed by atoms with E-state index in [1.54, 1.807) is 0 Å². The number of allylic oxidation sites excluding steroid dienone is 18. The van der Waals surface area contributed by atoms with E-state index in [0.717, 1.165) is 109 Å².